The predicted octanol–water partition coefficient (Wildman–Crippen LogP) is 4.27. The number of methoxy groups -OCH3 is 2. The van der Waals surface area contributed by atoms with Crippen molar-refractivity contribution in [3.8, 4) is 22.6 Å². The molecule has 0 unspecified atom stereocenters. The highest BCUT2D eigenvalue weighted by Crippen LogP contribution is 2.46. The van der Waals surface area contributed by atoms with Crippen LogP contribution in [0.4, 0.5) is 17.5 Å². The van der Waals surface area contributed by atoms with Gasteiger partial charge in [0.25, 0.3) is 0 Å². The molecular formula is C25H29Cl2N7O2. The maximum Gasteiger partial charge on any atom is 0.227 e. The number of benzene rings is 2. The monoisotopic (exact) mass is 529 g/mol. The largest absolute Gasteiger partial charge is 0.495 e. The number of aromatic nitrogens is 2. The maximum atomic E-state index is 6.56. The van der Waals surface area contributed by atoms with E-state index in [1.807, 2.05) is 6.07 Å². The van der Waals surface area contributed by atoms with Crippen LogP contribution in [0.1, 0.15) is 19.4 Å². The topological polar surface area (TPSA) is 124 Å². The zero-order valence-electron chi connectivity index (χ0n) is 20.5. The molecule has 0 amide bonds. The SMILES string of the molecule is COc1cc(OC)c(Cl)c(-c2ccc(C(N)=Nc3ccnc(N4C[C@@H](C)N[C@@H](C)C4)n3)c(N)c2)c1Cl. The van der Waals surface area contributed by atoms with E-state index in [0.29, 0.717) is 67.8 Å². The smallest absolute Gasteiger partial charge is 0.227 e. The van der Waals surface area contributed by atoms with Crippen molar-refractivity contribution in [3.05, 3.63) is 52.1 Å². The maximum absolute atomic E-state index is 6.56. The molecule has 1 saturated heterocycles. The fraction of sp³-hybridized carbons (Fsp3) is 0.320. The van der Waals surface area contributed by atoms with Crippen molar-refractivity contribution in [1.29, 1.82) is 0 Å². The summed E-state index contributed by atoms with van der Waals surface area (Å²) in [5.74, 6) is 2.16. The molecule has 190 valence electrons. The van der Waals surface area contributed by atoms with Gasteiger partial charge in [-0.05, 0) is 31.5 Å². The number of piperazine rings is 1. The Hall–Kier alpha value is -3.27. The highest BCUT2D eigenvalue weighted by Gasteiger charge is 2.23. The van der Waals surface area contributed by atoms with E-state index in [1.54, 1.807) is 30.5 Å². The van der Waals surface area contributed by atoms with Gasteiger partial charge in [-0.3, -0.25) is 0 Å². The van der Waals surface area contributed by atoms with Crippen molar-refractivity contribution in [3.63, 3.8) is 0 Å². The summed E-state index contributed by atoms with van der Waals surface area (Å²) in [6.07, 6.45) is 1.68. The molecule has 0 spiro atoms. The van der Waals surface area contributed by atoms with Gasteiger partial charge in [-0.25, -0.2) is 9.98 Å². The molecule has 2 atom stereocenters. The third-order valence-corrected chi connectivity index (χ3v) is 6.64. The molecule has 1 aromatic heterocycles. The van der Waals surface area contributed by atoms with E-state index in [1.165, 1.54) is 14.2 Å². The number of nitrogens with two attached hydrogens (primary N) is 2. The molecule has 1 fully saturated rings. The summed E-state index contributed by atoms with van der Waals surface area (Å²) in [4.78, 5) is 15.7. The fourth-order valence-electron chi connectivity index (χ4n) is 4.32. The van der Waals surface area contributed by atoms with Crippen molar-refractivity contribution < 1.29 is 9.47 Å². The standard InChI is InChI=1S/C25H29Cl2N7O2/c1-13-11-34(12-14(2)31-13)25-30-8-7-20(33-25)32-24(29)16-6-5-15(9-17(16)28)21-22(26)18(35-3)10-19(36-4)23(21)27/h5-10,13-14,31H,11-12,28H2,1-4H3,(H2,29,30,32,33)/t13-,14+. The second-order valence-corrected chi connectivity index (χ2v) is 9.43. The minimum absolute atomic E-state index is 0.228. The van der Waals surface area contributed by atoms with E-state index in [9.17, 15) is 0 Å². The second-order valence-electron chi connectivity index (χ2n) is 8.67. The highest BCUT2D eigenvalue weighted by molar-refractivity contribution is 6.41. The van der Waals surface area contributed by atoms with Crippen LogP contribution in [0.3, 0.4) is 0 Å². The van der Waals surface area contributed by atoms with E-state index in [0.717, 1.165) is 13.1 Å². The van der Waals surface area contributed by atoms with E-state index in [-0.39, 0.29) is 5.84 Å². The summed E-state index contributed by atoms with van der Waals surface area (Å²) < 4.78 is 10.7. The second kappa shape index (κ2) is 10.8. The molecule has 2 heterocycles. The Morgan fingerprint density at radius 3 is 2.28 bits per heavy atom. The summed E-state index contributed by atoms with van der Waals surface area (Å²) in [6.45, 7) is 5.89. The molecule has 36 heavy (non-hydrogen) atoms. The molecule has 4 rings (SSSR count). The van der Waals surface area contributed by atoms with Crippen LogP contribution in [0.2, 0.25) is 10.0 Å². The summed E-state index contributed by atoms with van der Waals surface area (Å²) in [7, 11) is 3.05. The number of amidine groups is 1. The molecule has 0 radical (unpaired) electrons. The number of nitrogens with zero attached hydrogens (tertiary/aromatic N) is 4. The van der Waals surface area contributed by atoms with Crippen LogP contribution in [0, 0.1) is 0 Å². The fourth-order valence-corrected chi connectivity index (χ4v) is 5.04. The van der Waals surface area contributed by atoms with Crippen molar-refractivity contribution in [1.82, 2.24) is 15.3 Å². The summed E-state index contributed by atoms with van der Waals surface area (Å²) in [5.41, 5.74) is 14.9. The predicted molar refractivity (Wildman–Crippen MR) is 146 cm³/mol. The summed E-state index contributed by atoms with van der Waals surface area (Å²) in [6, 6.07) is 9.32. The van der Waals surface area contributed by atoms with Gasteiger partial charge in [0.05, 0.1) is 24.3 Å². The number of ether oxygens (including phenoxy) is 2. The zero-order valence-corrected chi connectivity index (χ0v) is 22.1. The van der Waals surface area contributed by atoms with Crippen LogP contribution in [0.25, 0.3) is 11.1 Å². The van der Waals surface area contributed by atoms with Crippen molar-refractivity contribution in [2.75, 3.05) is 37.9 Å². The van der Waals surface area contributed by atoms with Gasteiger partial charge < -0.3 is 31.2 Å². The Morgan fingerprint density at radius 1 is 1.06 bits per heavy atom. The quantitative estimate of drug-likeness (QED) is 0.245. The first-order valence-corrected chi connectivity index (χ1v) is 12.2. The lowest BCUT2D eigenvalue weighted by Crippen LogP contribution is -2.54. The van der Waals surface area contributed by atoms with Crippen molar-refractivity contribution >= 4 is 46.5 Å². The molecule has 0 aliphatic carbocycles. The molecule has 9 nitrogen and oxygen atoms in total. The number of halogens is 2. The third kappa shape index (κ3) is 5.28. The van der Waals surface area contributed by atoms with Gasteiger partial charge in [0.2, 0.25) is 5.95 Å². The molecule has 11 heteroatoms. The zero-order chi connectivity index (χ0) is 26.0. The van der Waals surface area contributed by atoms with Gasteiger partial charge in [0.15, 0.2) is 5.82 Å². The van der Waals surface area contributed by atoms with Crippen molar-refractivity contribution in [2.45, 2.75) is 25.9 Å². The molecular weight excluding hydrogens is 501 g/mol. The molecule has 1 aliphatic heterocycles. The summed E-state index contributed by atoms with van der Waals surface area (Å²) in [5, 5.41) is 4.20. The van der Waals surface area contributed by atoms with Crippen LogP contribution in [-0.4, -0.2) is 55.2 Å². The highest BCUT2D eigenvalue weighted by atomic mass is 35.5. The molecule has 0 bridgehead atoms. The third-order valence-electron chi connectivity index (χ3n) is 5.89. The number of aliphatic imine (C=N–C) groups is 1. The lowest BCUT2D eigenvalue weighted by atomic mass is 10.0. The Morgan fingerprint density at radius 2 is 1.69 bits per heavy atom. The van der Waals surface area contributed by atoms with Gasteiger partial charge in [0.1, 0.15) is 17.3 Å². The van der Waals surface area contributed by atoms with Gasteiger partial charge in [-0.1, -0.05) is 29.3 Å². The number of anilines is 2. The van der Waals surface area contributed by atoms with Crippen LogP contribution >= 0.6 is 23.2 Å². The van der Waals surface area contributed by atoms with Crippen LogP contribution < -0.4 is 31.2 Å². The normalized spacial score (nSPS) is 18.3. The average molecular weight is 530 g/mol. The summed E-state index contributed by atoms with van der Waals surface area (Å²) >= 11 is 13.1. The lowest BCUT2D eigenvalue weighted by molar-refractivity contribution is 0.395. The number of rotatable bonds is 6. The van der Waals surface area contributed by atoms with Gasteiger partial charge in [0, 0.05) is 60.3 Å². The minimum atomic E-state index is 0.228. The van der Waals surface area contributed by atoms with Gasteiger partial charge >= 0.3 is 0 Å². The first-order valence-electron chi connectivity index (χ1n) is 11.4. The Balaban J connectivity index is 1.65. The van der Waals surface area contributed by atoms with Crippen molar-refractivity contribution in [2.24, 2.45) is 10.7 Å². The van der Waals surface area contributed by atoms with Crippen LogP contribution in [0.15, 0.2) is 41.5 Å². The molecule has 1 aliphatic rings. The Kier molecular flexibility index (Phi) is 7.73. The lowest BCUT2D eigenvalue weighted by Gasteiger charge is -2.36. The molecule has 2 aromatic carbocycles. The number of hydrogen-bond acceptors (Lipinski definition) is 8. The average Bonchev–Trinajstić information content (AvgIpc) is 2.84. The minimum Gasteiger partial charge on any atom is -0.495 e. The molecule has 5 N–H and O–H groups in total. The first-order chi connectivity index (χ1) is 17.2. The van der Waals surface area contributed by atoms with Gasteiger partial charge in [-0.15, -0.1) is 0 Å². The van der Waals surface area contributed by atoms with Crippen LogP contribution in [0.5, 0.6) is 11.5 Å². The number of nitrogens with one attached hydrogen (secondary N) is 1. The molecule has 0 saturated carbocycles. The van der Waals surface area contributed by atoms with E-state index in [4.69, 9.17) is 44.1 Å². The molecule has 3 aromatic rings. The van der Waals surface area contributed by atoms with Crippen LogP contribution in [-0.2, 0) is 0 Å². The first kappa shape index (κ1) is 25.8. The number of nitrogen functional groups attached to an aromatic ring is 1. The number of hydrogen-bond donors (Lipinski definition) is 3. The van der Waals surface area contributed by atoms with Gasteiger partial charge in [-0.2, -0.15) is 4.98 Å². The Labute approximate surface area is 220 Å². The Bertz CT molecular complexity index is 1260. The van der Waals surface area contributed by atoms with E-state index >= 15 is 0 Å². The van der Waals surface area contributed by atoms with E-state index in [2.05, 4.69) is 39.0 Å². The van der Waals surface area contributed by atoms with E-state index < -0.39 is 0 Å².